The van der Waals surface area contributed by atoms with Gasteiger partial charge in [0.25, 0.3) is 0 Å². The molecule has 1 aromatic heterocycles. The first-order chi connectivity index (χ1) is 11.1. The highest BCUT2D eigenvalue weighted by Crippen LogP contribution is 2.07. The maximum Gasteiger partial charge on any atom is 0.310 e. The molecule has 0 aliphatic heterocycles. The number of ether oxygens (including phenoxy) is 2. The van der Waals surface area contributed by atoms with Gasteiger partial charge in [-0.3, -0.25) is 9.59 Å². The van der Waals surface area contributed by atoms with Gasteiger partial charge in [0.15, 0.2) is 0 Å². The Balaban J connectivity index is 2.64. The summed E-state index contributed by atoms with van der Waals surface area (Å²) in [6.07, 6.45) is 5.32. The van der Waals surface area contributed by atoms with E-state index in [0.717, 1.165) is 0 Å². The van der Waals surface area contributed by atoms with Crippen molar-refractivity contribution in [1.29, 1.82) is 0 Å². The Hall–Kier alpha value is -2.08. The van der Waals surface area contributed by atoms with Crippen LogP contribution in [0.3, 0.4) is 0 Å². The van der Waals surface area contributed by atoms with Gasteiger partial charge in [-0.1, -0.05) is 6.92 Å². The quantitative estimate of drug-likeness (QED) is 0.375. The average molecular weight is 323 g/mol. The van der Waals surface area contributed by atoms with Crippen molar-refractivity contribution in [2.75, 3.05) is 33.4 Å². The lowest BCUT2D eigenvalue weighted by Crippen LogP contribution is -2.37. The molecular formula is C17H25NO5. The van der Waals surface area contributed by atoms with Crippen LogP contribution in [-0.4, -0.2) is 50.2 Å². The van der Waals surface area contributed by atoms with Crippen LogP contribution in [0.1, 0.15) is 26.0 Å². The molecule has 23 heavy (non-hydrogen) atoms. The van der Waals surface area contributed by atoms with Crippen LogP contribution in [0.25, 0.3) is 6.08 Å². The zero-order chi connectivity index (χ0) is 17.1. The summed E-state index contributed by atoms with van der Waals surface area (Å²) in [5, 5.41) is 0. The third-order valence-electron chi connectivity index (χ3n) is 3.26. The topological polar surface area (TPSA) is 69.0 Å². The summed E-state index contributed by atoms with van der Waals surface area (Å²) < 4.78 is 15.2. The second kappa shape index (κ2) is 10.6. The number of methoxy groups -OCH3 is 1. The Morgan fingerprint density at radius 3 is 2.83 bits per heavy atom. The number of furan rings is 1. The Labute approximate surface area is 137 Å². The van der Waals surface area contributed by atoms with Crippen molar-refractivity contribution in [2.45, 2.75) is 20.3 Å². The van der Waals surface area contributed by atoms with Gasteiger partial charge in [0.2, 0.25) is 5.91 Å². The smallest absolute Gasteiger partial charge is 0.310 e. The summed E-state index contributed by atoms with van der Waals surface area (Å²) in [5.41, 5.74) is 0. The van der Waals surface area contributed by atoms with E-state index in [-0.39, 0.29) is 17.8 Å². The van der Waals surface area contributed by atoms with Gasteiger partial charge in [-0.05, 0) is 31.6 Å². The number of esters is 1. The predicted molar refractivity (Wildman–Crippen MR) is 86.6 cm³/mol. The van der Waals surface area contributed by atoms with E-state index < -0.39 is 0 Å². The van der Waals surface area contributed by atoms with Crippen molar-refractivity contribution in [3.8, 4) is 0 Å². The molecule has 0 saturated heterocycles. The van der Waals surface area contributed by atoms with Gasteiger partial charge in [-0.25, -0.2) is 0 Å². The van der Waals surface area contributed by atoms with Crippen LogP contribution in [0.15, 0.2) is 28.9 Å². The Morgan fingerprint density at radius 2 is 2.22 bits per heavy atom. The molecule has 0 bridgehead atoms. The van der Waals surface area contributed by atoms with E-state index in [4.69, 9.17) is 13.9 Å². The molecule has 1 rings (SSSR count). The molecule has 0 spiro atoms. The van der Waals surface area contributed by atoms with Gasteiger partial charge in [0.05, 0.1) is 19.3 Å². The number of hydrogen-bond donors (Lipinski definition) is 0. The molecule has 0 saturated carbocycles. The summed E-state index contributed by atoms with van der Waals surface area (Å²) in [7, 11) is 1.34. The fraction of sp³-hybridized carbons (Fsp3) is 0.529. The van der Waals surface area contributed by atoms with Crippen LogP contribution in [0.5, 0.6) is 0 Å². The van der Waals surface area contributed by atoms with Crippen LogP contribution in [0.2, 0.25) is 0 Å². The fourth-order valence-corrected chi connectivity index (χ4v) is 2.04. The van der Waals surface area contributed by atoms with Crippen molar-refractivity contribution >= 4 is 18.0 Å². The monoisotopic (exact) mass is 323 g/mol. The van der Waals surface area contributed by atoms with Crippen molar-refractivity contribution in [3.05, 3.63) is 30.2 Å². The van der Waals surface area contributed by atoms with Gasteiger partial charge in [0, 0.05) is 32.4 Å². The van der Waals surface area contributed by atoms with E-state index >= 15 is 0 Å². The van der Waals surface area contributed by atoms with E-state index in [0.29, 0.717) is 38.5 Å². The fourth-order valence-electron chi connectivity index (χ4n) is 2.04. The lowest BCUT2D eigenvalue weighted by molar-refractivity contribution is -0.146. The van der Waals surface area contributed by atoms with Crippen LogP contribution in [0.4, 0.5) is 0 Å². The Kier molecular flexibility index (Phi) is 8.75. The van der Waals surface area contributed by atoms with Gasteiger partial charge >= 0.3 is 5.97 Å². The van der Waals surface area contributed by atoms with Gasteiger partial charge in [-0.15, -0.1) is 0 Å². The number of nitrogens with zero attached hydrogens (tertiary/aromatic N) is 1. The minimum absolute atomic E-state index is 0.173. The summed E-state index contributed by atoms with van der Waals surface area (Å²) >= 11 is 0. The maximum absolute atomic E-state index is 12.4. The molecule has 0 fully saturated rings. The maximum atomic E-state index is 12.4. The number of amides is 1. The highest BCUT2D eigenvalue weighted by Gasteiger charge is 2.20. The summed E-state index contributed by atoms with van der Waals surface area (Å²) in [6, 6.07) is 3.52. The molecule has 0 aromatic carbocycles. The third kappa shape index (κ3) is 7.15. The highest BCUT2D eigenvalue weighted by atomic mass is 16.5. The van der Waals surface area contributed by atoms with Crippen LogP contribution in [0, 0.1) is 5.92 Å². The third-order valence-corrected chi connectivity index (χ3v) is 3.26. The molecule has 0 aliphatic rings. The first kappa shape index (κ1) is 19.0. The standard InChI is InChI=1S/C17H25NO5/c1-4-22-11-6-10-18(13-14(2)17(20)21-3)16(19)9-8-15-7-5-12-23-15/h5,7-9,12,14H,4,6,10-11,13H2,1-3H3/b9-8+/t14-/m1/s1. The molecule has 1 atom stereocenters. The van der Waals surface area contributed by atoms with Crippen molar-refractivity contribution in [2.24, 2.45) is 5.92 Å². The number of rotatable bonds is 10. The molecule has 0 unspecified atom stereocenters. The van der Waals surface area contributed by atoms with Gasteiger partial charge in [0.1, 0.15) is 5.76 Å². The lowest BCUT2D eigenvalue weighted by Gasteiger charge is -2.23. The van der Waals surface area contributed by atoms with Gasteiger partial charge in [-0.2, -0.15) is 0 Å². The predicted octanol–water partition coefficient (Wildman–Crippen LogP) is 2.36. The SMILES string of the molecule is CCOCCCN(C[C@@H](C)C(=O)OC)C(=O)/C=C/c1ccco1. The lowest BCUT2D eigenvalue weighted by atomic mass is 10.1. The summed E-state index contributed by atoms with van der Waals surface area (Å²) in [6.45, 7) is 5.71. The van der Waals surface area contributed by atoms with Crippen LogP contribution in [-0.2, 0) is 19.1 Å². The van der Waals surface area contributed by atoms with Crippen LogP contribution < -0.4 is 0 Å². The Morgan fingerprint density at radius 1 is 1.43 bits per heavy atom. The van der Waals surface area contributed by atoms with Crippen molar-refractivity contribution in [1.82, 2.24) is 4.90 Å². The molecule has 0 aliphatic carbocycles. The van der Waals surface area contributed by atoms with Gasteiger partial charge < -0.3 is 18.8 Å². The summed E-state index contributed by atoms with van der Waals surface area (Å²) in [5.74, 6) is -0.280. The normalized spacial score (nSPS) is 12.3. The van der Waals surface area contributed by atoms with E-state index in [1.807, 2.05) is 6.92 Å². The minimum atomic E-state index is -0.381. The van der Waals surface area contributed by atoms with Crippen LogP contribution >= 0.6 is 0 Å². The average Bonchev–Trinajstić information content (AvgIpc) is 3.07. The second-order valence-electron chi connectivity index (χ2n) is 5.11. The minimum Gasteiger partial charge on any atom is -0.469 e. The van der Waals surface area contributed by atoms with E-state index in [1.54, 1.807) is 36.3 Å². The van der Waals surface area contributed by atoms with E-state index in [9.17, 15) is 9.59 Å². The van der Waals surface area contributed by atoms with Crippen molar-refractivity contribution < 1.29 is 23.5 Å². The largest absolute Gasteiger partial charge is 0.469 e. The molecule has 1 amide bonds. The summed E-state index contributed by atoms with van der Waals surface area (Å²) in [4.78, 5) is 25.6. The molecule has 6 nitrogen and oxygen atoms in total. The zero-order valence-electron chi connectivity index (χ0n) is 14.0. The Bertz CT molecular complexity index is 495. The number of hydrogen-bond acceptors (Lipinski definition) is 5. The van der Waals surface area contributed by atoms with Crippen molar-refractivity contribution in [3.63, 3.8) is 0 Å². The van der Waals surface area contributed by atoms with E-state index in [2.05, 4.69) is 0 Å². The highest BCUT2D eigenvalue weighted by molar-refractivity contribution is 5.91. The molecule has 128 valence electrons. The molecule has 0 radical (unpaired) electrons. The second-order valence-corrected chi connectivity index (χ2v) is 5.11. The molecule has 6 heteroatoms. The molecule has 1 heterocycles. The molecule has 0 N–H and O–H groups in total. The van der Waals surface area contributed by atoms with E-state index in [1.165, 1.54) is 13.2 Å². The number of carbonyl (C=O) groups excluding carboxylic acids is 2. The number of carbonyl (C=O) groups is 2. The first-order valence-electron chi connectivity index (χ1n) is 7.74. The zero-order valence-corrected chi connectivity index (χ0v) is 14.0. The molecule has 1 aromatic rings. The molecular weight excluding hydrogens is 298 g/mol. The first-order valence-corrected chi connectivity index (χ1v) is 7.74.